The number of hydrogen-bond donors (Lipinski definition) is 1. The summed E-state index contributed by atoms with van der Waals surface area (Å²) in [5.41, 5.74) is 2.08. The van der Waals surface area contributed by atoms with Crippen molar-refractivity contribution in [3.05, 3.63) is 71.8 Å². The summed E-state index contributed by atoms with van der Waals surface area (Å²) < 4.78 is 27.1. The van der Waals surface area contributed by atoms with Gasteiger partial charge in [-0.2, -0.15) is 4.31 Å². The highest BCUT2D eigenvalue weighted by molar-refractivity contribution is 7.89. The monoisotopic (exact) mass is 357 g/mol. The molecule has 2 aromatic rings. The molecule has 132 valence electrons. The maximum absolute atomic E-state index is 12.9. The molecule has 1 heterocycles. The van der Waals surface area contributed by atoms with Gasteiger partial charge in [-0.1, -0.05) is 60.2 Å². The minimum Gasteiger partial charge on any atom is -0.392 e. The molecule has 1 aliphatic rings. The zero-order valence-electron chi connectivity index (χ0n) is 14.2. The van der Waals surface area contributed by atoms with Crippen molar-refractivity contribution in [2.45, 2.75) is 24.3 Å². The molecular formula is C20H23NO3S. The molecule has 1 saturated heterocycles. The van der Waals surface area contributed by atoms with Crippen molar-refractivity contribution in [2.75, 3.05) is 13.1 Å². The largest absolute Gasteiger partial charge is 0.392 e. The standard InChI is InChI=1S/C20H23NO3S/c1-16-7-11-20(12-8-16)25(23,24)21-14-18(13-19(22)15-21)10-9-17-5-3-2-4-6-17/h2-12,18-19,22H,13-15H2,1H3/b10-9+/t18-,19+/m0/s1. The molecule has 0 amide bonds. The topological polar surface area (TPSA) is 57.6 Å². The fourth-order valence-electron chi connectivity index (χ4n) is 3.08. The molecule has 0 spiro atoms. The maximum atomic E-state index is 12.9. The molecule has 1 fully saturated rings. The summed E-state index contributed by atoms with van der Waals surface area (Å²) in [7, 11) is -3.59. The van der Waals surface area contributed by atoms with Crippen molar-refractivity contribution in [3.63, 3.8) is 0 Å². The molecule has 2 atom stereocenters. The van der Waals surface area contributed by atoms with Gasteiger partial charge in [0.25, 0.3) is 0 Å². The Bertz CT molecular complexity index is 829. The van der Waals surface area contributed by atoms with Crippen LogP contribution < -0.4 is 0 Å². The maximum Gasteiger partial charge on any atom is 0.243 e. The van der Waals surface area contributed by atoms with E-state index < -0.39 is 16.1 Å². The number of nitrogens with zero attached hydrogens (tertiary/aromatic N) is 1. The molecule has 1 N–H and O–H groups in total. The van der Waals surface area contributed by atoms with Crippen LogP contribution in [0.25, 0.3) is 6.08 Å². The van der Waals surface area contributed by atoms with Crippen LogP contribution in [0.3, 0.4) is 0 Å². The molecule has 0 aliphatic carbocycles. The molecular weight excluding hydrogens is 334 g/mol. The van der Waals surface area contributed by atoms with E-state index in [0.717, 1.165) is 11.1 Å². The quantitative estimate of drug-likeness (QED) is 0.915. The van der Waals surface area contributed by atoms with Crippen molar-refractivity contribution >= 4 is 16.1 Å². The third-order valence-electron chi connectivity index (χ3n) is 4.45. The van der Waals surface area contributed by atoms with Crippen LogP contribution in [0.4, 0.5) is 0 Å². The van der Waals surface area contributed by atoms with Gasteiger partial charge in [-0.05, 0) is 37.0 Å². The van der Waals surface area contributed by atoms with Crippen molar-refractivity contribution in [1.29, 1.82) is 0 Å². The summed E-state index contributed by atoms with van der Waals surface area (Å²) >= 11 is 0. The van der Waals surface area contributed by atoms with Crippen molar-refractivity contribution < 1.29 is 13.5 Å². The number of sulfonamides is 1. The first-order valence-electron chi connectivity index (χ1n) is 8.43. The predicted octanol–water partition coefficient (Wildman–Crippen LogP) is 3.08. The van der Waals surface area contributed by atoms with Crippen LogP contribution in [0.15, 0.2) is 65.6 Å². The average molecular weight is 357 g/mol. The smallest absolute Gasteiger partial charge is 0.243 e. The van der Waals surface area contributed by atoms with Crippen LogP contribution in [-0.2, 0) is 10.0 Å². The molecule has 2 aromatic carbocycles. The van der Waals surface area contributed by atoms with Gasteiger partial charge in [0.2, 0.25) is 10.0 Å². The van der Waals surface area contributed by atoms with Crippen molar-refractivity contribution in [1.82, 2.24) is 4.31 Å². The van der Waals surface area contributed by atoms with Crippen molar-refractivity contribution in [2.24, 2.45) is 5.92 Å². The Balaban J connectivity index is 1.78. The number of aryl methyl sites for hydroxylation is 1. The number of aliphatic hydroxyl groups excluding tert-OH is 1. The van der Waals surface area contributed by atoms with E-state index in [9.17, 15) is 13.5 Å². The van der Waals surface area contributed by atoms with E-state index in [-0.39, 0.29) is 17.4 Å². The van der Waals surface area contributed by atoms with E-state index in [4.69, 9.17) is 0 Å². The first-order valence-corrected chi connectivity index (χ1v) is 9.87. The van der Waals surface area contributed by atoms with E-state index in [2.05, 4.69) is 0 Å². The Morgan fingerprint density at radius 3 is 2.40 bits per heavy atom. The number of β-amino-alcohol motifs (C(OH)–C–C–N with tert-alkyl or cyclic N) is 1. The first-order chi connectivity index (χ1) is 11.9. The van der Waals surface area contributed by atoms with Gasteiger partial charge in [0.15, 0.2) is 0 Å². The lowest BCUT2D eigenvalue weighted by molar-refractivity contribution is 0.0894. The van der Waals surface area contributed by atoms with Gasteiger partial charge in [0.1, 0.15) is 0 Å². The van der Waals surface area contributed by atoms with Gasteiger partial charge in [-0.3, -0.25) is 0 Å². The van der Waals surface area contributed by atoms with Crippen LogP contribution in [0.2, 0.25) is 0 Å². The fourth-order valence-corrected chi connectivity index (χ4v) is 4.61. The first kappa shape index (κ1) is 17.9. The number of hydrogen-bond acceptors (Lipinski definition) is 3. The summed E-state index contributed by atoms with van der Waals surface area (Å²) in [6, 6.07) is 16.7. The summed E-state index contributed by atoms with van der Waals surface area (Å²) in [6.45, 7) is 2.45. The zero-order valence-corrected chi connectivity index (χ0v) is 15.1. The second-order valence-electron chi connectivity index (χ2n) is 6.55. The van der Waals surface area contributed by atoms with E-state index in [1.54, 1.807) is 24.3 Å². The molecule has 0 bridgehead atoms. The zero-order chi connectivity index (χ0) is 17.9. The highest BCUT2D eigenvalue weighted by Crippen LogP contribution is 2.25. The lowest BCUT2D eigenvalue weighted by Gasteiger charge is -2.33. The van der Waals surface area contributed by atoms with Crippen LogP contribution in [0.1, 0.15) is 17.5 Å². The lowest BCUT2D eigenvalue weighted by atomic mass is 9.96. The van der Waals surface area contributed by atoms with E-state index >= 15 is 0 Å². The van der Waals surface area contributed by atoms with Gasteiger partial charge in [-0.15, -0.1) is 0 Å². The average Bonchev–Trinajstić information content (AvgIpc) is 2.61. The van der Waals surface area contributed by atoms with Gasteiger partial charge in [-0.25, -0.2) is 8.42 Å². The van der Waals surface area contributed by atoms with Crippen LogP contribution in [0, 0.1) is 12.8 Å². The molecule has 4 nitrogen and oxygen atoms in total. The predicted molar refractivity (Wildman–Crippen MR) is 99.5 cm³/mol. The Morgan fingerprint density at radius 2 is 1.72 bits per heavy atom. The lowest BCUT2D eigenvalue weighted by Crippen LogP contribution is -2.45. The van der Waals surface area contributed by atoms with Crippen LogP contribution >= 0.6 is 0 Å². The fraction of sp³-hybridized carbons (Fsp3) is 0.300. The second-order valence-corrected chi connectivity index (χ2v) is 8.49. The Labute approximate surface area is 149 Å². The van der Waals surface area contributed by atoms with Crippen LogP contribution in [-0.4, -0.2) is 37.0 Å². The van der Waals surface area contributed by atoms with E-state index in [1.165, 1.54) is 4.31 Å². The molecule has 25 heavy (non-hydrogen) atoms. The van der Waals surface area contributed by atoms with Gasteiger partial charge >= 0.3 is 0 Å². The summed E-state index contributed by atoms with van der Waals surface area (Å²) in [5, 5.41) is 10.2. The minimum absolute atomic E-state index is 0.0100. The molecule has 0 unspecified atom stereocenters. The summed E-state index contributed by atoms with van der Waals surface area (Å²) in [5.74, 6) is -0.0100. The van der Waals surface area contributed by atoms with E-state index in [1.807, 2.05) is 49.4 Å². The second kappa shape index (κ2) is 7.52. The molecule has 3 rings (SSSR count). The Morgan fingerprint density at radius 1 is 1.04 bits per heavy atom. The summed E-state index contributed by atoms with van der Waals surface area (Å²) in [4.78, 5) is 0.276. The van der Waals surface area contributed by atoms with E-state index in [0.29, 0.717) is 13.0 Å². The van der Waals surface area contributed by atoms with Crippen molar-refractivity contribution in [3.8, 4) is 0 Å². The highest BCUT2D eigenvalue weighted by Gasteiger charge is 2.33. The number of rotatable bonds is 4. The highest BCUT2D eigenvalue weighted by atomic mass is 32.2. The molecule has 5 heteroatoms. The third kappa shape index (κ3) is 4.37. The third-order valence-corrected chi connectivity index (χ3v) is 6.29. The Hall–Kier alpha value is -1.95. The minimum atomic E-state index is -3.59. The number of benzene rings is 2. The summed E-state index contributed by atoms with van der Waals surface area (Å²) in [6.07, 6.45) is 3.90. The van der Waals surface area contributed by atoms with Gasteiger partial charge in [0.05, 0.1) is 11.0 Å². The number of aliphatic hydroxyl groups is 1. The van der Waals surface area contributed by atoms with Crippen LogP contribution in [0.5, 0.6) is 0 Å². The molecule has 0 aromatic heterocycles. The molecule has 0 saturated carbocycles. The van der Waals surface area contributed by atoms with Gasteiger partial charge < -0.3 is 5.11 Å². The Kier molecular flexibility index (Phi) is 5.37. The number of piperidine rings is 1. The SMILES string of the molecule is Cc1ccc(S(=O)(=O)N2C[C@H](O)C[C@H](/C=C/c3ccccc3)C2)cc1. The molecule has 1 aliphatic heterocycles. The molecule has 0 radical (unpaired) electrons. The normalized spacial score (nSPS) is 22.3. The van der Waals surface area contributed by atoms with Gasteiger partial charge in [0, 0.05) is 13.1 Å².